The summed E-state index contributed by atoms with van der Waals surface area (Å²) in [6.45, 7) is 1.82. The van der Waals surface area contributed by atoms with Crippen LogP contribution < -0.4 is 5.32 Å². The zero-order chi connectivity index (χ0) is 15.0. The third-order valence-electron chi connectivity index (χ3n) is 3.94. The Hall–Kier alpha value is -2.40. The molecule has 0 saturated heterocycles. The molecular formula is C16H16N2O3. The lowest BCUT2D eigenvalue weighted by molar-refractivity contribution is -0.384. The Morgan fingerprint density at radius 2 is 2.05 bits per heavy atom. The summed E-state index contributed by atoms with van der Waals surface area (Å²) in [7, 11) is 0. The number of non-ortho nitro benzene ring substituents is 1. The highest BCUT2D eigenvalue weighted by Crippen LogP contribution is 2.35. The van der Waals surface area contributed by atoms with Crippen molar-refractivity contribution in [3.05, 3.63) is 69.3 Å². The summed E-state index contributed by atoms with van der Waals surface area (Å²) < 4.78 is 0. The minimum atomic E-state index is -0.489. The molecule has 0 bridgehead atoms. The normalized spacial score (nSPS) is 20.1. The lowest BCUT2D eigenvalue weighted by atomic mass is 10.1. The van der Waals surface area contributed by atoms with E-state index in [2.05, 4.69) is 5.32 Å². The lowest BCUT2D eigenvalue weighted by Crippen LogP contribution is -2.21. The fourth-order valence-corrected chi connectivity index (χ4v) is 2.84. The van der Waals surface area contributed by atoms with Gasteiger partial charge in [-0.15, -0.1) is 0 Å². The van der Waals surface area contributed by atoms with E-state index in [4.69, 9.17) is 0 Å². The van der Waals surface area contributed by atoms with Crippen LogP contribution in [-0.2, 0) is 6.42 Å². The van der Waals surface area contributed by atoms with Crippen molar-refractivity contribution >= 4 is 11.4 Å². The molecule has 2 N–H and O–H groups in total. The molecule has 2 atom stereocenters. The number of nitro benzene ring substituents is 1. The number of benzene rings is 2. The Morgan fingerprint density at radius 1 is 1.29 bits per heavy atom. The molecule has 5 heteroatoms. The van der Waals surface area contributed by atoms with Crippen LogP contribution in [0.5, 0.6) is 0 Å². The summed E-state index contributed by atoms with van der Waals surface area (Å²) in [6, 6.07) is 12.5. The largest absolute Gasteiger partial charge is 0.390 e. The highest BCUT2D eigenvalue weighted by Gasteiger charge is 2.30. The number of hydrogen-bond acceptors (Lipinski definition) is 4. The first-order valence-electron chi connectivity index (χ1n) is 6.83. The van der Waals surface area contributed by atoms with Crippen molar-refractivity contribution in [2.45, 2.75) is 25.5 Å². The van der Waals surface area contributed by atoms with E-state index in [1.165, 1.54) is 12.1 Å². The number of nitrogens with zero attached hydrogens (tertiary/aromatic N) is 1. The van der Waals surface area contributed by atoms with Crippen LogP contribution in [0.1, 0.15) is 22.7 Å². The average Bonchev–Trinajstić information content (AvgIpc) is 2.77. The molecule has 5 nitrogen and oxygen atoms in total. The molecule has 1 aliphatic carbocycles. The van der Waals surface area contributed by atoms with Gasteiger partial charge in [0.05, 0.1) is 17.1 Å². The number of nitro groups is 1. The van der Waals surface area contributed by atoms with Gasteiger partial charge in [-0.2, -0.15) is 0 Å². The van der Waals surface area contributed by atoms with Gasteiger partial charge in [0.1, 0.15) is 0 Å². The molecule has 3 rings (SSSR count). The van der Waals surface area contributed by atoms with E-state index in [1.54, 1.807) is 6.07 Å². The van der Waals surface area contributed by atoms with Gasteiger partial charge in [-0.25, -0.2) is 0 Å². The third-order valence-corrected chi connectivity index (χ3v) is 3.94. The predicted molar refractivity (Wildman–Crippen MR) is 80.3 cm³/mol. The maximum atomic E-state index is 10.8. The van der Waals surface area contributed by atoms with Crippen LogP contribution in [0.15, 0.2) is 42.5 Å². The van der Waals surface area contributed by atoms with Crippen LogP contribution in [0.4, 0.5) is 11.4 Å². The van der Waals surface area contributed by atoms with Crippen molar-refractivity contribution in [1.29, 1.82) is 0 Å². The molecule has 0 unspecified atom stereocenters. The van der Waals surface area contributed by atoms with Gasteiger partial charge in [0, 0.05) is 24.2 Å². The molecule has 0 saturated carbocycles. The van der Waals surface area contributed by atoms with E-state index in [0.717, 1.165) is 22.4 Å². The minimum Gasteiger partial charge on any atom is -0.390 e. The Labute approximate surface area is 122 Å². The standard InChI is InChI=1S/C16H16N2O3/c1-10-8-12(18(20)21)6-7-14(10)17-16-13-5-3-2-4-11(13)9-15(16)19/h2-8,15-17,19H,9H2,1H3/t15-,16+/m1/s1. The van der Waals surface area contributed by atoms with E-state index >= 15 is 0 Å². The SMILES string of the molecule is Cc1cc([N+](=O)[O-])ccc1N[C@H]1c2ccccc2C[C@H]1O. The molecular weight excluding hydrogens is 268 g/mol. The van der Waals surface area contributed by atoms with Gasteiger partial charge >= 0.3 is 0 Å². The fourth-order valence-electron chi connectivity index (χ4n) is 2.84. The first kappa shape index (κ1) is 13.6. The summed E-state index contributed by atoms with van der Waals surface area (Å²) in [4.78, 5) is 10.4. The Kier molecular flexibility index (Phi) is 3.35. The highest BCUT2D eigenvalue weighted by molar-refractivity contribution is 5.57. The molecule has 108 valence electrons. The van der Waals surface area contributed by atoms with Crippen LogP contribution in [0, 0.1) is 17.0 Å². The second-order valence-corrected chi connectivity index (χ2v) is 5.35. The number of hydrogen-bond donors (Lipinski definition) is 2. The van der Waals surface area contributed by atoms with E-state index in [9.17, 15) is 15.2 Å². The van der Waals surface area contributed by atoms with Crippen LogP contribution in [0.25, 0.3) is 0 Å². The van der Waals surface area contributed by atoms with E-state index in [1.807, 2.05) is 31.2 Å². The van der Waals surface area contributed by atoms with Gasteiger partial charge in [0.2, 0.25) is 0 Å². The van der Waals surface area contributed by atoms with E-state index in [-0.39, 0.29) is 11.7 Å². The van der Waals surface area contributed by atoms with Gasteiger partial charge in [0.15, 0.2) is 0 Å². The van der Waals surface area contributed by atoms with Crippen molar-refractivity contribution in [2.75, 3.05) is 5.32 Å². The number of fused-ring (bicyclic) bond motifs is 1. The number of aliphatic hydroxyl groups excluding tert-OH is 1. The Bertz CT molecular complexity index is 700. The second-order valence-electron chi connectivity index (χ2n) is 5.35. The maximum Gasteiger partial charge on any atom is 0.269 e. The van der Waals surface area contributed by atoms with Crippen molar-refractivity contribution in [3.8, 4) is 0 Å². The maximum absolute atomic E-state index is 10.8. The molecule has 0 fully saturated rings. The molecule has 0 amide bonds. The number of aryl methyl sites for hydroxylation is 1. The molecule has 21 heavy (non-hydrogen) atoms. The summed E-state index contributed by atoms with van der Waals surface area (Å²) in [5, 5.41) is 24.3. The number of rotatable bonds is 3. The van der Waals surface area contributed by atoms with Gasteiger partial charge in [0.25, 0.3) is 5.69 Å². The fraction of sp³-hybridized carbons (Fsp3) is 0.250. The van der Waals surface area contributed by atoms with Crippen molar-refractivity contribution in [3.63, 3.8) is 0 Å². The molecule has 0 radical (unpaired) electrons. The van der Waals surface area contributed by atoms with E-state index in [0.29, 0.717) is 6.42 Å². The second kappa shape index (κ2) is 5.18. The van der Waals surface area contributed by atoms with Crippen molar-refractivity contribution in [2.24, 2.45) is 0 Å². The molecule has 0 aromatic heterocycles. The first-order valence-corrected chi connectivity index (χ1v) is 6.83. The molecule has 2 aromatic carbocycles. The first-order chi connectivity index (χ1) is 10.1. The smallest absolute Gasteiger partial charge is 0.269 e. The summed E-state index contributed by atoms with van der Waals surface area (Å²) in [5.74, 6) is 0. The van der Waals surface area contributed by atoms with E-state index < -0.39 is 11.0 Å². The average molecular weight is 284 g/mol. The third kappa shape index (κ3) is 2.48. The van der Waals surface area contributed by atoms with Crippen LogP contribution in [0.3, 0.4) is 0 Å². The number of anilines is 1. The van der Waals surface area contributed by atoms with Crippen LogP contribution >= 0.6 is 0 Å². The van der Waals surface area contributed by atoms with Crippen molar-refractivity contribution in [1.82, 2.24) is 0 Å². The lowest BCUT2D eigenvalue weighted by Gasteiger charge is -2.20. The van der Waals surface area contributed by atoms with Gasteiger partial charge in [-0.3, -0.25) is 10.1 Å². The summed E-state index contributed by atoms with van der Waals surface area (Å²) >= 11 is 0. The van der Waals surface area contributed by atoms with Crippen LogP contribution in [0.2, 0.25) is 0 Å². The zero-order valence-corrected chi connectivity index (χ0v) is 11.6. The minimum absolute atomic E-state index is 0.0745. The summed E-state index contributed by atoms with van der Waals surface area (Å²) in [6.07, 6.45) is 0.136. The highest BCUT2D eigenvalue weighted by atomic mass is 16.6. The molecule has 0 aliphatic heterocycles. The topological polar surface area (TPSA) is 75.4 Å². The molecule has 0 spiro atoms. The predicted octanol–water partition coefficient (Wildman–Crippen LogP) is 2.97. The molecule has 2 aromatic rings. The molecule has 1 aliphatic rings. The number of aliphatic hydroxyl groups is 1. The van der Waals surface area contributed by atoms with Crippen LogP contribution in [-0.4, -0.2) is 16.1 Å². The quantitative estimate of drug-likeness (QED) is 0.671. The van der Waals surface area contributed by atoms with Gasteiger partial charge in [-0.1, -0.05) is 24.3 Å². The van der Waals surface area contributed by atoms with Gasteiger partial charge in [-0.05, 0) is 29.7 Å². The van der Waals surface area contributed by atoms with Gasteiger partial charge < -0.3 is 10.4 Å². The Balaban J connectivity index is 1.89. The monoisotopic (exact) mass is 284 g/mol. The number of nitrogens with one attached hydrogen (secondary N) is 1. The van der Waals surface area contributed by atoms with Crippen molar-refractivity contribution < 1.29 is 10.0 Å². The summed E-state index contributed by atoms with van der Waals surface area (Å²) in [5.41, 5.74) is 3.90. The molecule has 0 heterocycles. The zero-order valence-electron chi connectivity index (χ0n) is 11.6. The Morgan fingerprint density at radius 3 is 2.76 bits per heavy atom.